The number of carbonyl (C=O) groups excluding carboxylic acids is 1. The SMILES string of the molecule is Cc1nn2cccnc2c1C(=O)NS(=O)(=O)c1ccc(Br)c([N+](=O)[O-])c1. The first kappa shape index (κ1) is 17.9. The van der Waals surface area contributed by atoms with Gasteiger partial charge in [-0.25, -0.2) is 22.6 Å². The molecule has 2 aromatic heterocycles. The van der Waals surface area contributed by atoms with Crippen LogP contribution in [-0.4, -0.2) is 33.8 Å². The Morgan fingerprint density at radius 2 is 2.12 bits per heavy atom. The number of aromatic nitrogens is 3. The topological polar surface area (TPSA) is 137 Å². The summed E-state index contributed by atoms with van der Waals surface area (Å²) in [7, 11) is -4.33. The molecule has 0 radical (unpaired) electrons. The van der Waals surface area contributed by atoms with Crippen LogP contribution in [0.1, 0.15) is 16.1 Å². The molecule has 1 aromatic carbocycles. The Balaban J connectivity index is 1.99. The number of fused-ring (bicyclic) bond motifs is 1. The van der Waals surface area contributed by atoms with E-state index in [2.05, 4.69) is 26.0 Å². The van der Waals surface area contributed by atoms with Gasteiger partial charge in [0, 0.05) is 18.5 Å². The molecule has 0 saturated heterocycles. The number of benzene rings is 1. The highest BCUT2D eigenvalue weighted by Crippen LogP contribution is 2.27. The molecule has 0 aliphatic heterocycles. The van der Waals surface area contributed by atoms with E-state index in [-0.39, 0.29) is 21.4 Å². The van der Waals surface area contributed by atoms with Gasteiger partial charge in [0.2, 0.25) is 0 Å². The zero-order valence-electron chi connectivity index (χ0n) is 13.1. The number of hydrogen-bond acceptors (Lipinski definition) is 7. The number of nitrogens with zero attached hydrogens (tertiary/aromatic N) is 4. The van der Waals surface area contributed by atoms with Crippen molar-refractivity contribution in [3.8, 4) is 0 Å². The summed E-state index contributed by atoms with van der Waals surface area (Å²) >= 11 is 2.97. The first-order valence-corrected chi connectivity index (χ1v) is 9.29. The molecule has 0 aliphatic rings. The third-order valence-corrected chi connectivity index (χ3v) is 5.45. The lowest BCUT2D eigenvalue weighted by atomic mass is 10.2. The average Bonchev–Trinajstić information content (AvgIpc) is 2.90. The van der Waals surface area contributed by atoms with E-state index in [4.69, 9.17) is 0 Å². The number of sulfonamides is 1. The summed E-state index contributed by atoms with van der Waals surface area (Å²) in [6.45, 7) is 1.54. The van der Waals surface area contributed by atoms with Gasteiger partial charge >= 0.3 is 0 Å². The molecule has 3 aromatic rings. The van der Waals surface area contributed by atoms with Gasteiger partial charge in [0.05, 0.1) is 20.0 Å². The minimum absolute atomic E-state index is 0.000728. The van der Waals surface area contributed by atoms with E-state index in [0.717, 1.165) is 12.1 Å². The van der Waals surface area contributed by atoms with Crippen molar-refractivity contribution in [3.63, 3.8) is 0 Å². The lowest BCUT2D eigenvalue weighted by molar-refractivity contribution is -0.385. The second kappa shape index (κ2) is 6.46. The molecule has 10 nitrogen and oxygen atoms in total. The summed E-state index contributed by atoms with van der Waals surface area (Å²) in [6, 6.07) is 4.84. The minimum atomic E-state index is -4.33. The maximum atomic E-state index is 12.5. The number of nitro groups is 1. The Morgan fingerprint density at radius 1 is 1.38 bits per heavy atom. The fourth-order valence-corrected chi connectivity index (χ4v) is 3.66. The van der Waals surface area contributed by atoms with E-state index >= 15 is 0 Å². The van der Waals surface area contributed by atoms with E-state index in [1.54, 1.807) is 19.2 Å². The van der Waals surface area contributed by atoms with Crippen molar-refractivity contribution in [2.75, 3.05) is 0 Å². The highest BCUT2D eigenvalue weighted by molar-refractivity contribution is 9.10. The van der Waals surface area contributed by atoms with Crippen molar-refractivity contribution in [2.24, 2.45) is 0 Å². The third kappa shape index (κ3) is 3.15. The Labute approximate surface area is 155 Å². The van der Waals surface area contributed by atoms with Crippen molar-refractivity contribution in [1.29, 1.82) is 0 Å². The second-order valence-corrected chi connectivity index (χ2v) is 7.69. The number of nitrogens with one attached hydrogen (secondary N) is 1. The maximum Gasteiger partial charge on any atom is 0.284 e. The van der Waals surface area contributed by atoms with Crippen molar-refractivity contribution >= 4 is 43.2 Å². The maximum absolute atomic E-state index is 12.5. The molecular weight excluding hydrogens is 430 g/mol. The molecule has 1 N–H and O–H groups in total. The molecule has 0 unspecified atom stereocenters. The van der Waals surface area contributed by atoms with Crippen LogP contribution in [0.3, 0.4) is 0 Å². The molecule has 12 heteroatoms. The number of hydrogen-bond donors (Lipinski definition) is 1. The summed E-state index contributed by atoms with van der Waals surface area (Å²) in [5.41, 5.74) is 0.0487. The molecule has 0 atom stereocenters. The molecule has 26 heavy (non-hydrogen) atoms. The standard InChI is InChI=1S/C14H10BrN5O5S/c1-8-12(13-16-5-2-6-19(13)17-8)14(21)18-26(24,25)9-3-4-10(15)11(7-9)20(22)23/h2-7H,1H3,(H,18,21). The zero-order chi connectivity index (χ0) is 19.1. The van der Waals surface area contributed by atoms with Crippen LogP contribution in [0.15, 0.2) is 46.0 Å². The highest BCUT2D eigenvalue weighted by atomic mass is 79.9. The molecule has 0 aliphatic carbocycles. The Morgan fingerprint density at radius 3 is 2.81 bits per heavy atom. The van der Waals surface area contributed by atoms with Crippen LogP contribution in [0, 0.1) is 17.0 Å². The predicted octanol–water partition coefficient (Wildman–Crippen LogP) is 1.83. The minimum Gasteiger partial charge on any atom is -0.268 e. The van der Waals surface area contributed by atoms with Crippen LogP contribution in [-0.2, 0) is 10.0 Å². The van der Waals surface area contributed by atoms with Crippen LogP contribution in [0.4, 0.5) is 5.69 Å². The van der Waals surface area contributed by atoms with Gasteiger partial charge in [0.15, 0.2) is 5.65 Å². The Hall–Kier alpha value is -2.86. The average molecular weight is 440 g/mol. The fraction of sp³-hybridized carbons (Fsp3) is 0.0714. The molecule has 0 saturated carbocycles. The van der Waals surface area contributed by atoms with Crippen LogP contribution in [0.25, 0.3) is 5.65 Å². The van der Waals surface area contributed by atoms with Crippen LogP contribution < -0.4 is 4.72 Å². The number of carbonyl (C=O) groups is 1. The summed E-state index contributed by atoms with van der Waals surface area (Å²) in [5, 5.41) is 15.1. The van der Waals surface area contributed by atoms with E-state index in [0.29, 0.717) is 0 Å². The number of aryl methyl sites for hydroxylation is 1. The molecule has 0 spiro atoms. The van der Waals surface area contributed by atoms with Gasteiger partial charge in [0.25, 0.3) is 21.6 Å². The van der Waals surface area contributed by atoms with Gasteiger partial charge in [-0.2, -0.15) is 5.10 Å². The fourth-order valence-electron chi connectivity index (χ4n) is 2.29. The first-order valence-electron chi connectivity index (χ1n) is 7.02. The molecule has 0 fully saturated rings. The Bertz CT molecular complexity index is 1160. The second-order valence-electron chi connectivity index (χ2n) is 5.15. The number of amides is 1. The smallest absolute Gasteiger partial charge is 0.268 e. The molecule has 0 bridgehead atoms. The van der Waals surface area contributed by atoms with E-state index < -0.39 is 31.4 Å². The summed E-state index contributed by atoms with van der Waals surface area (Å²) in [6.07, 6.45) is 3.01. The zero-order valence-corrected chi connectivity index (χ0v) is 15.5. The Kier molecular flexibility index (Phi) is 4.46. The lowest BCUT2D eigenvalue weighted by Gasteiger charge is -2.07. The van der Waals surface area contributed by atoms with Crippen molar-refractivity contribution < 1.29 is 18.1 Å². The van der Waals surface area contributed by atoms with Crippen LogP contribution in [0.2, 0.25) is 0 Å². The first-order chi connectivity index (χ1) is 12.2. The van der Waals surface area contributed by atoms with Crippen molar-refractivity contribution in [1.82, 2.24) is 19.3 Å². The number of nitro benzene ring substituents is 1. The van der Waals surface area contributed by atoms with E-state index in [1.165, 1.54) is 16.8 Å². The van der Waals surface area contributed by atoms with Crippen molar-refractivity contribution in [3.05, 3.63) is 62.5 Å². The molecule has 134 valence electrons. The van der Waals surface area contributed by atoms with Gasteiger partial charge in [-0.05, 0) is 41.1 Å². The van der Waals surface area contributed by atoms with Crippen molar-refractivity contribution in [2.45, 2.75) is 11.8 Å². The van der Waals surface area contributed by atoms with Crippen LogP contribution >= 0.6 is 15.9 Å². The third-order valence-electron chi connectivity index (χ3n) is 3.45. The van der Waals surface area contributed by atoms with Gasteiger partial charge in [-0.15, -0.1) is 0 Å². The number of rotatable bonds is 4. The van der Waals surface area contributed by atoms with Gasteiger partial charge < -0.3 is 0 Å². The highest BCUT2D eigenvalue weighted by Gasteiger charge is 2.26. The number of halogens is 1. The summed E-state index contributed by atoms with van der Waals surface area (Å²) in [4.78, 5) is 26.3. The monoisotopic (exact) mass is 439 g/mol. The van der Waals surface area contributed by atoms with Gasteiger partial charge in [0.1, 0.15) is 5.56 Å². The summed E-state index contributed by atoms with van der Waals surface area (Å²) < 4.78 is 28.3. The quantitative estimate of drug-likeness (QED) is 0.483. The largest absolute Gasteiger partial charge is 0.284 e. The van der Waals surface area contributed by atoms with E-state index in [9.17, 15) is 23.3 Å². The van der Waals surface area contributed by atoms with E-state index in [1.807, 2.05) is 4.72 Å². The van der Waals surface area contributed by atoms with Crippen LogP contribution in [0.5, 0.6) is 0 Å². The lowest BCUT2D eigenvalue weighted by Crippen LogP contribution is -2.31. The van der Waals surface area contributed by atoms with Gasteiger partial charge in [-0.3, -0.25) is 14.9 Å². The molecule has 1 amide bonds. The van der Waals surface area contributed by atoms with Gasteiger partial charge in [-0.1, -0.05) is 0 Å². The molecule has 3 rings (SSSR count). The predicted molar refractivity (Wildman–Crippen MR) is 93.2 cm³/mol. The molecular formula is C14H10BrN5O5S. The summed E-state index contributed by atoms with van der Waals surface area (Å²) in [5.74, 6) is -0.929. The normalized spacial score (nSPS) is 11.5. The molecule has 2 heterocycles.